The van der Waals surface area contributed by atoms with Crippen molar-refractivity contribution in [3.8, 4) is 0 Å². The zero-order valence-electron chi connectivity index (χ0n) is 7.49. The molecular weight excluding hydrogens is 148 g/mol. The van der Waals surface area contributed by atoms with E-state index in [9.17, 15) is 0 Å². The van der Waals surface area contributed by atoms with Crippen LogP contribution in [0.15, 0.2) is 18.3 Å². The Kier molecular flexibility index (Phi) is 1.68. The molecule has 0 fully saturated rings. The summed E-state index contributed by atoms with van der Waals surface area (Å²) in [5, 5.41) is 0. The first kappa shape index (κ1) is 7.47. The molecule has 0 unspecified atom stereocenters. The molecule has 1 aromatic rings. The molecule has 1 aromatic heterocycles. The second-order valence-electron chi connectivity index (χ2n) is 3.37. The van der Waals surface area contributed by atoms with Crippen molar-refractivity contribution in [1.82, 2.24) is 4.98 Å². The molecule has 0 bridgehead atoms. The number of nitrogens with zero attached hydrogens (tertiary/aromatic N) is 2. The van der Waals surface area contributed by atoms with E-state index < -0.39 is 0 Å². The summed E-state index contributed by atoms with van der Waals surface area (Å²) in [5.41, 5.74) is 1.34. The molecule has 12 heavy (non-hydrogen) atoms. The van der Waals surface area contributed by atoms with Crippen LogP contribution in [0.2, 0.25) is 0 Å². The van der Waals surface area contributed by atoms with Crippen LogP contribution in [0.1, 0.15) is 19.4 Å². The lowest BCUT2D eigenvalue weighted by Gasteiger charge is -2.03. The molecule has 1 aliphatic rings. The summed E-state index contributed by atoms with van der Waals surface area (Å²) >= 11 is 0. The molecule has 0 saturated carbocycles. The molecule has 0 amide bonds. The average Bonchev–Trinajstić information content (AvgIpc) is 2.47. The fraction of sp³-hybridized carbons (Fsp3) is 0.400. The molecule has 1 aliphatic heterocycles. The topological polar surface area (TPSA) is 15.9 Å². The largest absolute Gasteiger partial charge is 0.326 e. The molecule has 0 atom stereocenters. The Labute approximate surface area is 72.6 Å². The van der Waals surface area contributed by atoms with Gasteiger partial charge >= 0.3 is 5.82 Å². The van der Waals surface area contributed by atoms with Crippen LogP contribution in [-0.4, -0.2) is 21.8 Å². The highest BCUT2D eigenvalue weighted by Gasteiger charge is 2.23. The van der Waals surface area contributed by atoms with Crippen molar-refractivity contribution in [2.24, 2.45) is 0 Å². The van der Waals surface area contributed by atoms with Crippen molar-refractivity contribution in [2.75, 3.05) is 0 Å². The van der Waals surface area contributed by atoms with Crippen LogP contribution in [0.25, 0.3) is 0 Å². The summed E-state index contributed by atoms with van der Waals surface area (Å²) < 4.78 is 2.23. The SMILES string of the molecule is CC(C)[N+]1=CCc2cccnc21. The quantitative estimate of drug-likeness (QED) is 0.573. The number of hydrogen-bond donors (Lipinski definition) is 0. The van der Waals surface area contributed by atoms with Crippen molar-refractivity contribution in [2.45, 2.75) is 26.3 Å². The van der Waals surface area contributed by atoms with E-state index in [1.807, 2.05) is 12.3 Å². The normalized spacial score (nSPS) is 14.8. The third kappa shape index (κ3) is 1.04. The molecule has 0 spiro atoms. The van der Waals surface area contributed by atoms with Gasteiger partial charge in [0.1, 0.15) is 6.20 Å². The Morgan fingerprint density at radius 2 is 2.33 bits per heavy atom. The van der Waals surface area contributed by atoms with Gasteiger partial charge in [0.15, 0.2) is 0 Å². The predicted octanol–water partition coefficient (Wildman–Crippen LogP) is 1.76. The van der Waals surface area contributed by atoms with Crippen LogP contribution < -0.4 is 0 Å². The lowest BCUT2D eigenvalue weighted by molar-refractivity contribution is -0.472. The molecule has 62 valence electrons. The van der Waals surface area contributed by atoms with Gasteiger partial charge in [-0.1, -0.05) is 0 Å². The molecule has 2 heterocycles. The monoisotopic (exact) mass is 161 g/mol. The van der Waals surface area contributed by atoms with Crippen molar-refractivity contribution in [3.63, 3.8) is 0 Å². The van der Waals surface area contributed by atoms with E-state index in [1.54, 1.807) is 0 Å². The molecule has 0 aliphatic carbocycles. The van der Waals surface area contributed by atoms with Crippen LogP contribution >= 0.6 is 0 Å². The minimum absolute atomic E-state index is 0.515. The maximum Gasteiger partial charge on any atom is 0.326 e. The fourth-order valence-electron chi connectivity index (χ4n) is 1.56. The standard InChI is InChI=1S/C10H13N2/c1-8(2)12-7-5-9-4-3-6-11-10(9)12/h3-4,6-8H,5H2,1-2H3/q+1. The van der Waals surface area contributed by atoms with Crippen LogP contribution in [0.5, 0.6) is 0 Å². The van der Waals surface area contributed by atoms with E-state index in [-0.39, 0.29) is 0 Å². The van der Waals surface area contributed by atoms with Crippen molar-refractivity contribution in [1.29, 1.82) is 0 Å². The average molecular weight is 161 g/mol. The molecule has 2 nitrogen and oxygen atoms in total. The van der Waals surface area contributed by atoms with E-state index in [0.717, 1.165) is 12.2 Å². The Morgan fingerprint density at radius 3 is 3.08 bits per heavy atom. The fourth-order valence-corrected chi connectivity index (χ4v) is 1.56. The number of hydrogen-bond acceptors (Lipinski definition) is 1. The molecular formula is C10H13N2+. The van der Waals surface area contributed by atoms with Crippen molar-refractivity contribution < 1.29 is 4.58 Å². The minimum Gasteiger partial charge on any atom is -0.232 e. The van der Waals surface area contributed by atoms with E-state index in [1.165, 1.54) is 5.56 Å². The van der Waals surface area contributed by atoms with Gasteiger partial charge in [-0.3, -0.25) is 0 Å². The Balaban J connectivity index is 2.45. The molecule has 0 saturated heterocycles. The smallest absolute Gasteiger partial charge is 0.232 e. The minimum atomic E-state index is 0.515. The highest BCUT2D eigenvalue weighted by Crippen LogP contribution is 2.21. The molecule has 0 N–H and O–H groups in total. The zero-order chi connectivity index (χ0) is 8.55. The molecule has 0 aromatic carbocycles. The maximum atomic E-state index is 4.36. The molecule has 2 rings (SSSR count). The Morgan fingerprint density at radius 1 is 1.50 bits per heavy atom. The summed E-state index contributed by atoms with van der Waals surface area (Å²) in [6.07, 6.45) is 5.09. The maximum absolute atomic E-state index is 4.36. The second-order valence-corrected chi connectivity index (χ2v) is 3.37. The van der Waals surface area contributed by atoms with Crippen molar-refractivity contribution in [3.05, 3.63) is 23.9 Å². The van der Waals surface area contributed by atoms with Gasteiger partial charge in [0.25, 0.3) is 0 Å². The van der Waals surface area contributed by atoms with Gasteiger partial charge in [0.2, 0.25) is 0 Å². The van der Waals surface area contributed by atoms with E-state index >= 15 is 0 Å². The summed E-state index contributed by atoms with van der Waals surface area (Å²) in [7, 11) is 0. The predicted molar refractivity (Wildman–Crippen MR) is 49.1 cm³/mol. The Bertz CT molecular complexity index is 326. The lowest BCUT2D eigenvalue weighted by Crippen LogP contribution is -2.14. The second kappa shape index (κ2) is 2.70. The van der Waals surface area contributed by atoms with Gasteiger partial charge in [-0.25, -0.2) is 4.58 Å². The van der Waals surface area contributed by atoms with Gasteiger partial charge in [-0.15, -0.1) is 0 Å². The van der Waals surface area contributed by atoms with Gasteiger partial charge < -0.3 is 0 Å². The number of pyridine rings is 1. The van der Waals surface area contributed by atoms with Gasteiger partial charge in [0.05, 0.1) is 17.8 Å². The summed E-state index contributed by atoms with van der Waals surface area (Å²) in [4.78, 5) is 4.36. The van der Waals surface area contributed by atoms with Crippen LogP contribution in [0, 0.1) is 0 Å². The first-order valence-electron chi connectivity index (χ1n) is 4.34. The lowest BCUT2D eigenvalue weighted by atomic mass is 10.2. The first-order chi connectivity index (χ1) is 5.79. The van der Waals surface area contributed by atoms with E-state index in [2.05, 4.69) is 35.7 Å². The summed E-state index contributed by atoms with van der Waals surface area (Å²) in [6, 6.07) is 4.65. The summed E-state index contributed by atoms with van der Waals surface area (Å²) in [5.74, 6) is 1.13. The third-order valence-corrected chi connectivity index (χ3v) is 2.18. The highest BCUT2D eigenvalue weighted by atomic mass is 15.1. The van der Waals surface area contributed by atoms with Crippen LogP contribution in [0.3, 0.4) is 0 Å². The molecule has 0 radical (unpaired) electrons. The number of aromatic nitrogens is 1. The molecule has 2 heteroatoms. The zero-order valence-corrected chi connectivity index (χ0v) is 7.49. The number of fused-ring (bicyclic) bond motifs is 1. The van der Waals surface area contributed by atoms with Gasteiger partial charge in [-0.05, 0) is 31.0 Å². The number of rotatable bonds is 1. The van der Waals surface area contributed by atoms with Gasteiger partial charge in [-0.2, -0.15) is 0 Å². The van der Waals surface area contributed by atoms with Crippen LogP contribution in [0.4, 0.5) is 5.82 Å². The Hall–Kier alpha value is -1.18. The van der Waals surface area contributed by atoms with E-state index in [0.29, 0.717) is 6.04 Å². The third-order valence-electron chi connectivity index (χ3n) is 2.18. The highest BCUT2D eigenvalue weighted by molar-refractivity contribution is 5.65. The van der Waals surface area contributed by atoms with Gasteiger partial charge in [0, 0.05) is 6.42 Å². The summed E-state index contributed by atoms with van der Waals surface area (Å²) in [6.45, 7) is 4.36. The van der Waals surface area contributed by atoms with Crippen molar-refractivity contribution >= 4 is 12.0 Å². The van der Waals surface area contributed by atoms with Crippen LogP contribution in [-0.2, 0) is 6.42 Å². The van der Waals surface area contributed by atoms with E-state index in [4.69, 9.17) is 0 Å². The first-order valence-corrected chi connectivity index (χ1v) is 4.34.